The predicted octanol–water partition coefficient (Wildman–Crippen LogP) is 3.40. The first-order valence-corrected chi connectivity index (χ1v) is 7.81. The Morgan fingerprint density at radius 3 is 2.83 bits per heavy atom. The van der Waals surface area contributed by atoms with Crippen molar-refractivity contribution in [1.29, 1.82) is 0 Å². The highest BCUT2D eigenvalue weighted by atomic mass is 35.5. The van der Waals surface area contributed by atoms with E-state index in [1.54, 1.807) is 41.2 Å². The van der Waals surface area contributed by atoms with Crippen molar-refractivity contribution in [2.75, 3.05) is 7.05 Å². The Labute approximate surface area is 144 Å². The van der Waals surface area contributed by atoms with Gasteiger partial charge in [0.1, 0.15) is 5.76 Å². The maximum Gasteiger partial charge on any atom is 0.257 e. The topological polar surface area (TPSA) is 64.2 Å². The number of carbonyl (C=O) groups is 1. The Kier molecular flexibility index (Phi) is 4.40. The van der Waals surface area contributed by atoms with Gasteiger partial charge < -0.3 is 9.42 Å². The fraction of sp³-hybridized carbons (Fsp3) is 0.235. The molecule has 0 fully saturated rings. The minimum atomic E-state index is -0.122. The van der Waals surface area contributed by atoms with Crippen LogP contribution in [0.2, 0.25) is 5.02 Å². The zero-order valence-electron chi connectivity index (χ0n) is 13.7. The molecule has 0 N–H and O–H groups in total. The number of halogens is 1. The van der Waals surface area contributed by atoms with Crippen molar-refractivity contribution >= 4 is 17.5 Å². The van der Waals surface area contributed by atoms with Crippen LogP contribution in [0.1, 0.15) is 27.4 Å². The molecule has 0 saturated heterocycles. The number of rotatable bonds is 4. The molecule has 0 aliphatic carbocycles. The first-order valence-electron chi connectivity index (χ1n) is 7.43. The van der Waals surface area contributed by atoms with Crippen molar-refractivity contribution in [3.05, 3.63) is 64.3 Å². The molecule has 0 bridgehead atoms. The van der Waals surface area contributed by atoms with E-state index in [2.05, 4.69) is 10.3 Å². The lowest BCUT2D eigenvalue weighted by Gasteiger charge is -2.15. The third kappa shape index (κ3) is 3.19. The third-order valence-corrected chi connectivity index (χ3v) is 4.06. The Hall–Kier alpha value is -2.60. The molecule has 0 aliphatic heterocycles. The minimum Gasteiger partial charge on any atom is -0.361 e. The minimum absolute atomic E-state index is 0.122. The van der Waals surface area contributed by atoms with E-state index in [1.165, 1.54) is 0 Å². The zero-order valence-corrected chi connectivity index (χ0v) is 14.4. The SMILES string of the molecule is Cc1noc(C)c1CN(C)C(=O)c1cnn(-c2cccc(Cl)c2)c1. The molecule has 0 unspecified atom stereocenters. The Morgan fingerprint density at radius 1 is 1.38 bits per heavy atom. The molecule has 0 radical (unpaired) electrons. The van der Waals surface area contributed by atoms with Gasteiger partial charge >= 0.3 is 0 Å². The molecule has 7 heteroatoms. The van der Waals surface area contributed by atoms with Gasteiger partial charge in [-0.2, -0.15) is 5.10 Å². The second-order valence-electron chi connectivity index (χ2n) is 5.62. The highest BCUT2D eigenvalue weighted by Crippen LogP contribution is 2.17. The summed E-state index contributed by atoms with van der Waals surface area (Å²) in [6, 6.07) is 7.29. The molecule has 1 amide bonds. The van der Waals surface area contributed by atoms with E-state index >= 15 is 0 Å². The van der Waals surface area contributed by atoms with Crippen molar-refractivity contribution < 1.29 is 9.32 Å². The summed E-state index contributed by atoms with van der Waals surface area (Å²) >= 11 is 5.99. The molecule has 0 spiro atoms. The monoisotopic (exact) mass is 344 g/mol. The van der Waals surface area contributed by atoms with E-state index in [0.717, 1.165) is 22.7 Å². The smallest absolute Gasteiger partial charge is 0.257 e. The molecular formula is C17H17ClN4O2. The van der Waals surface area contributed by atoms with Crippen LogP contribution in [0.25, 0.3) is 5.69 Å². The number of benzene rings is 1. The van der Waals surface area contributed by atoms with Crippen LogP contribution in [0.4, 0.5) is 0 Å². The number of hydrogen-bond acceptors (Lipinski definition) is 4. The molecule has 2 heterocycles. The second kappa shape index (κ2) is 6.49. The lowest BCUT2D eigenvalue weighted by Crippen LogP contribution is -2.26. The van der Waals surface area contributed by atoms with Crippen LogP contribution < -0.4 is 0 Å². The molecule has 124 valence electrons. The first kappa shape index (κ1) is 16.3. The van der Waals surface area contributed by atoms with Gasteiger partial charge in [-0.05, 0) is 32.0 Å². The summed E-state index contributed by atoms with van der Waals surface area (Å²) in [6.45, 7) is 4.13. The van der Waals surface area contributed by atoms with Crippen LogP contribution in [0, 0.1) is 13.8 Å². The van der Waals surface area contributed by atoms with Gasteiger partial charge in [0.15, 0.2) is 0 Å². The van der Waals surface area contributed by atoms with Gasteiger partial charge in [0, 0.05) is 23.8 Å². The molecule has 24 heavy (non-hydrogen) atoms. The van der Waals surface area contributed by atoms with Gasteiger partial charge in [-0.15, -0.1) is 0 Å². The van der Waals surface area contributed by atoms with E-state index in [0.29, 0.717) is 17.1 Å². The van der Waals surface area contributed by atoms with Gasteiger partial charge in [0.2, 0.25) is 0 Å². The Morgan fingerprint density at radius 2 is 2.17 bits per heavy atom. The molecule has 3 rings (SSSR count). The van der Waals surface area contributed by atoms with Crippen molar-refractivity contribution in [2.24, 2.45) is 0 Å². The molecule has 1 aromatic carbocycles. The first-order chi connectivity index (χ1) is 11.5. The molecule has 2 aromatic heterocycles. The van der Waals surface area contributed by atoms with Gasteiger partial charge in [-0.25, -0.2) is 4.68 Å². The van der Waals surface area contributed by atoms with Crippen LogP contribution in [0.15, 0.2) is 41.2 Å². The van der Waals surface area contributed by atoms with Crippen molar-refractivity contribution in [2.45, 2.75) is 20.4 Å². The van der Waals surface area contributed by atoms with Gasteiger partial charge in [0.25, 0.3) is 5.91 Å². The summed E-state index contributed by atoms with van der Waals surface area (Å²) < 4.78 is 6.77. The number of aromatic nitrogens is 3. The average molecular weight is 345 g/mol. The van der Waals surface area contributed by atoms with Crippen molar-refractivity contribution in [3.8, 4) is 5.69 Å². The quantitative estimate of drug-likeness (QED) is 0.727. The van der Waals surface area contributed by atoms with Crippen LogP contribution in [0.5, 0.6) is 0 Å². The summed E-state index contributed by atoms with van der Waals surface area (Å²) in [5, 5.41) is 8.77. The number of carbonyl (C=O) groups excluding carboxylic acids is 1. The van der Waals surface area contributed by atoms with E-state index in [-0.39, 0.29) is 5.91 Å². The van der Waals surface area contributed by atoms with Crippen LogP contribution in [-0.4, -0.2) is 32.8 Å². The maximum atomic E-state index is 12.6. The summed E-state index contributed by atoms with van der Waals surface area (Å²) in [5.41, 5.74) is 3.02. The largest absolute Gasteiger partial charge is 0.361 e. The molecule has 0 saturated carbocycles. The Balaban J connectivity index is 1.78. The highest BCUT2D eigenvalue weighted by molar-refractivity contribution is 6.30. The normalized spacial score (nSPS) is 10.8. The summed E-state index contributed by atoms with van der Waals surface area (Å²) in [4.78, 5) is 14.2. The van der Waals surface area contributed by atoms with Gasteiger partial charge in [0.05, 0.1) is 29.7 Å². The molecule has 0 aliphatic rings. The van der Waals surface area contributed by atoms with E-state index in [1.807, 2.05) is 26.0 Å². The molecule has 6 nitrogen and oxygen atoms in total. The van der Waals surface area contributed by atoms with Gasteiger partial charge in [-0.1, -0.05) is 22.8 Å². The van der Waals surface area contributed by atoms with Crippen LogP contribution >= 0.6 is 11.6 Å². The fourth-order valence-electron chi connectivity index (χ4n) is 2.45. The van der Waals surface area contributed by atoms with E-state index in [9.17, 15) is 4.79 Å². The van der Waals surface area contributed by atoms with Crippen LogP contribution in [-0.2, 0) is 6.54 Å². The number of amides is 1. The van der Waals surface area contributed by atoms with Crippen molar-refractivity contribution in [3.63, 3.8) is 0 Å². The summed E-state index contributed by atoms with van der Waals surface area (Å²) in [7, 11) is 1.74. The number of hydrogen-bond donors (Lipinski definition) is 0. The third-order valence-electron chi connectivity index (χ3n) is 3.83. The standard InChI is InChI=1S/C17H17ClN4O2/c1-11-16(12(2)24-20-11)10-21(3)17(23)13-8-19-22(9-13)15-6-4-5-14(18)7-15/h4-9H,10H2,1-3H3. The molecular weight excluding hydrogens is 328 g/mol. The van der Waals surface area contributed by atoms with E-state index < -0.39 is 0 Å². The van der Waals surface area contributed by atoms with Gasteiger partial charge in [-0.3, -0.25) is 4.79 Å². The summed E-state index contributed by atoms with van der Waals surface area (Å²) in [6.07, 6.45) is 3.24. The fourth-order valence-corrected chi connectivity index (χ4v) is 2.63. The highest BCUT2D eigenvalue weighted by Gasteiger charge is 2.18. The zero-order chi connectivity index (χ0) is 17.3. The number of aryl methyl sites for hydroxylation is 2. The lowest BCUT2D eigenvalue weighted by molar-refractivity contribution is 0.0784. The van der Waals surface area contributed by atoms with E-state index in [4.69, 9.17) is 16.1 Å². The van der Waals surface area contributed by atoms with Crippen molar-refractivity contribution in [1.82, 2.24) is 19.8 Å². The lowest BCUT2D eigenvalue weighted by atomic mass is 10.2. The molecule has 0 atom stereocenters. The average Bonchev–Trinajstić information content (AvgIpc) is 3.16. The summed E-state index contributed by atoms with van der Waals surface area (Å²) in [5.74, 6) is 0.602. The van der Waals surface area contributed by atoms with Crippen LogP contribution in [0.3, 0.4) is 0 Å². The second-order valence-corrected chi connectivity index (χ2v) is 6.05. The maximum absolute atomic E-state index is 12.6. The predicted molar refractivity (Wildman–Crippen MR) is 90.3 cm³/mol. The Bertz CT molecular complexity index is 865. The molecule has 3 aromatic rings. The number of nitrogens with zero attached hydrogens (tertiary/aromatic N) is 4.